The highest BCUT2D eigenvalue weighted by atomic mass is 16.5. The zero-order valence-electron chi connectivity index (χ0n) is 13.2. The number of esters is 1. The van der Waals surface area contributed by atoms with Crippen LogP contribution in [0.5, 0.6) is 0 Å². The molecule has 116 valence electrons. The number of rotatable bonds is 5. The van der Waals surface area contributed by atoms with Gasteiger partial charge in [0.2, 0.25) is 0 Å². The predicted molar refractivity (Wildman–Crippen MR) is 79.7 cm³/mol. The molecule has 5 heteroatoms. The van der Waals surface area contributed by atoms with Crippen molar-refractivity contribution in [2.75, 3.05) is 60.5 Å². The van der Waals surface area contributed by atoms with Gasteiger partial charge in [-0.05, 0) is 60.0 Å². The van der Waals surface area contributed by atoms with E-state index in [9.17, 15) is 4.79 Å². The first-order valence-electron chi connectivity index (χ1n) is 7.80. The first-order valence-corrected chi connectivity index (χ1v) is 7.80. The maximum atomic E-state index is 12.0. The van der Waals surface area contributed by atoms with Crippen LogP contribution in [0.25, 0.3) is 0 Å². The largest absolute Gasteiger partial charge is 0.464 e. The number of hydrogen-bond donors (Lipinski definition) is 0. The fourth-order valence-corrected chi connectivity index (χ4v) is 3.12. The molecular weight excluding hydrogens is 254 g/mol. The average molecular weight is 283 g/mol. The molecular formula is C15H29N3O2. The normalized spacial score (nSPS) is 26.3. The highest BCUT2D eigenvalue weighted by Gasteiger charge is 2.34. The zero-order chi connectivity index (χ0) is 14.5. The summed E-state index contributed by atoms with van der Waals surface area (Å²) in [5, 5.41) is 0. The maximum Gasteiger partial charge on any atom is 0.310 e. The summed E-state index contributed by atoms with van der Waals surface area (Å²) in [6.45, 7) is 5.63. The van der Waals surface area contributed by atoms with Crippen LogP contribution in [0.1, 0.15) is 19.3 Å². The van der Waals surface area contributed by atoms with Crippen molar-refractivity contribution in [2.45, 2.75) is 25.3 Å². The van der Waals surface area contributed by atoms with Gasteiger partial charge in [-0.3, -0.25) is 9.69 Å². The highest BCUT2D eigenvalue weighted by molar-refractivity contribution is 5.73. The Balaban J connectivity index is 1.70. The number of likely N-dealkylation sites (tertiary alicyclic amines) is 2. The van der Waals surface area contributed by atoms with Crippen LogP contribution in [0, 0.1) is 5.92 Å². The van der Waals surface area contributed by atoms with E-state index in [4.69, 9.17) is 4.74 Å². The number of piperidine rings is 1. The summed E-state index contributed by atoms with van der Waals surface area (Å²) < 4.78 is 5.37. The Hall–Kier alpha value is -0.650. The van der Waals surface area contributed by atoms with Gasteiger partial charge in [0.1, 0.15) is 6.61 Å². The Kier molecular flexibility index (Phi) is 5.81. The predicted octanol–water partition coefficient (Wildman–Crippen LogP) is 0.507. The Morgan fingerprint density at radius 1 is 1.20 bits per heavy atom. The number of hydrogen-bond acceptors (Lipinski definition) is 5. The maximum absolute atomic E-state index is 12.0. The van der Waals surface area contributed by atoms with Gasteiger partial charge in [-0.15, -0.1) is 0 Å². The zero-order valence-corrected chi connectivity index (χ0v) is 13.2. The van der Waals surface area contributed by atoms with Crippen LogP contribution >= 0.6 is 0 Å². The van der Waals surface area contributed by atoms with E-state index in [0.29, 0.717) is 12.6 Å². The van der Waals surface area contributed by atoms with Crippen molar-refractivity contribution >= 4 is 5.97 Å². The smallest absolute Gasteiger partial charge is 0.310 e. The molecule has 1 atom stereocenters. The summed E-state index contributed by atoms with van der Waals surface area (Å²) in [5.41, 5.74) is 0. The van der Waals surface area contributed by atoms with Gasteiger partial charge in [0.15, 0.2) is 0 Å². The van der Waals surface area contributed by atoms with Crippen molar-refractivity contribution in [3.63, 3.8) is 0 Å². The monoisotopic (exact) mass is 283 g/mol. The molecule has 1 unspecified atom stereocenters. The summed E-state index contributed by atoms with van der Waals surface area (Å²) in [5.74, 6) is 0.0964. The molecule has 0 amide bonds. The van der Waals surface area contributed by atoms with Crippen LogP contribution in [-0.2, 0) is 9.53 Å². The molecule has 0 aromatic heterocycles. The minimum absolute atomic E-state index is 0.00211. The lowest BCUT2D eigenvalue weighted by Gasteiger charge is -2.35. The van der Waals surface area contributed by atoms with Crippen LogP contribution in [0.4, 0.5) is 0 Å². The lowest BCUT2D eigenvalue weighted by atomic mass is 10.0. The van der Waals surface area contributed by atoms with E-state index in [-0.39, 0.29) is 11.9 Å². The Labute approximate surface area is 122 Å². The molecule has 2 rings (SSSR count). The van der Waals surface area contributed by atoms with E-state index in [2.05, 4.69) is 16.8 Å². The molecule has 2 heterocycles. The van der Waals surface area contributed by atoms with Crippen LogP contribution < -0.4 is 0 Å². The van der Waals surface area contributed by atoms with E-state index in [1.54, 1.807) is 0 Å². The van der Waals surface area contributed by atoms with Crippen LogP contribution in [0.15, 0.2) is 0 Å². The fraction of sp³-hybridized carbons (Fsp3) is 0.933. The SMILES string of the molecule is CN(C)CCOC(=O)C1CCN(C2CCN(C)CC2)C1. The summed E-state index contributed by atoms with van der Waals surface area (Å²) in [4.78, 5) is 19.0. The summed E-state index contributed by atoms with van der Waals surface area (Å²) >= 11 is 0. The van der Waals surface area contributed by atoms with Gasteiger partial charge in [0.05, 0.1) is 5.92 Å². The molecule has 0 spiro atoms. The lowest BCUT2D eigenvalue weighted by molar-refractivity contribution is -0.148. The molecule has 2 saturated heterocycles. The quantitative estimate of drug-likeness (QED) is 0.687. The second-order valence-electron chi connectivity index (χ2n) is 6.49. The minimum Gasteiger partial charge on any atom is -0.464 e. The van der Waals surface area contributed by atoms with Crippen molar-refractivity contribution in [1.29, 1.82) is 0 Å². The molecule has 2 aliphatic heterocycles. The first-order chi connectivity index (χ1) is 9.56. The van der Waals surface area contributed by atoms with Gasteiger partial charge < -0.3 is 14.5 Å². The standard InChI is InChI=1S/C15H29N3O2/c1-16(2)10-11-20-15(19)13-4-9-18(12-13)14-5-7-17(3)8-6-14/h13-14H,4-12H2,1-3H3. The van der Waals surface area contributed by atoms with Crippen LogP contribution in [-0.4, -0.2) is 87.2 Å². The van der Waals surface area contributed by atoms with E-state index in [0.717, 1.165) is 26.1 Å². The lowest BCUT2D eigenvalue weighted by Crippen LogP contribution is -2.43. The van der Waals surface area contributed by atoms with E-state index < -0.39 is 0 Å². The summed E-state index contributed by atoms with van der Waals surface area (Å²) in [7, 11) is 6.17. The number of carbonyl (C=O) groups excluding carboxylic acids is 1. The van der Waals surface area contributed by atoms with Gasteiger partial charge in [0, 0.05) is 19.1 Å². The van der Waals surface area contributed by atoms with E-state index in [1.165, 1.54) is 25.9 Å². The molecule has 0 bridgehead atoms. The number of likely N-dealkylation sites (N-methyl/N-ethyl adjacent to an activating group) is 1. The van der Waals surface area contributed by atoms with Crippen molar-refractivity contribution in [1.82, 2.24) is 14.7 Å². The Morgan fingerprint density at radius 2 is 1.90 bits per heavy atom. The third kappa shape index (κ3) is 4.43. The molecule has 0 aliphatic carbocycles. The topological polar surface area (TPSA) is 36.0 Å². The van der Waals surface area contributed by atoms with Crippen LogP contribution in [0.2, 0.25) is 0 Å². The highest BCUT2D eigenvalue weighted by Crippen LogP contribution is 2.24. The van der Waals surface area contributed by atoms with E-state index >= 15 is 0 Å². The molecule has 0 radical (unpaired) electrons. The molecule has 2 aliphatic rings. The molecule has 0 saturated carbocycles. The Bertz CT molecular complexity index is 314. The van der Waals surface area contributed by atoms with Crippen molar-refractivity contribution < 1.29 is 9.53 Å². The molecule has 0 aromatic carbocycles. The number of ether oxygens (including phenoxy) is 1. The minimum atomic E-state index is 0.00211. The second-order valence-corrected chi connectivity index (χ2v) is 6.49. The Morgan fingerprint density at radius 3 is 2.55 bits per heavy atom. The number of carbonyl (C=O) groups is 1. The molecule has 0 aromatic rings. The van der Waals surface area contributed by atoms with Gasteiger partial charge >= 0.3 is 5.97 Å². The van der Waals surface area contributed by atoms with Gasteiger partial charge in [-0.25, -0.2) is 0 Å². The van der Waals surface area contributed by atoms with Crippen molar-refractivity contribution in [3.8, 4) is 0 Å². The van der Waals surface area contributed by atoms with Gasteiger partial charge in [0.25, 0.3) is 0 Å². The fourth-order valence-electron chi connectivity index (χ4n) is 3.12. The van der Waals surface area contributed by atoms with Crippen molar-refractivity contribution in [2.24, 2.45) is 5.92 Å². The first kappa shape index (κ1) is 15.7. The number of nitrogens with zero attached hydrogens (tertiary/aromatic N) is 3. The summed E-state index contributed by atoms with van der Waals surface area (Å²) in [6.07, 6.45) is 3.44. The van der Waals surface area contributed by atoms with Gasteiger partial charge in [-0.2, -0.15) is 0 Å². The van der Waals surface area contributed by atoms with Crippen molar-refractivity contribution in [3.05, 3.63) is 0 Å². The molecule has 20 heavy (non-hydrogen) atoms. The molecule has 0 N–H and O–H groups in total. The third-order valence-electron chi connectivity index (χ3n) is 4.54. The van der Waals surface area contributed by atoms with Gasteiger partial charge in [-0.1, -0.05) is 0 Å². The average Bonchev–Trinajstić information content (AvgIpc) is 2.88. The molecule has 2 fully saturated rings. The second kappa shape index (κ2) is 7.38. The van der Waals surface area contributed by atoms with E-state index in [1.807, 2.05) is 19.0 Å². The third-order valence-corrected chi connectivity index (χ3v) is 4.54. The molecule has 5 nitrogen and oxygen atoms in total. The summed E-state index contributed by atoms with van der Waals surface area (Å²) in [6, 6.07) is 0.672. The van der Waals surface area contributed by atoms with Crippen LogP contribution in [0.3, 0.4) is 0 Å².